The second-order valence-electron chi connectivity index (χ2n) is 4.99. The number of non-ortho nitro benzene ring substituents is 1. The van der Waals surface area contributed by atoms with Gasteiger partial charge in [-0.1, -0.05) is 6.07 Å². The largest absolute Gasteiger partial charge is 0.383 e. The number of rotatable bonds is 8. The minimum absolute atomic E-state index is 0. The number of halogens is 1. The molecule has 1 heterocycles. The van der Waals surface area contributed by atoms with Crippen LogP contribution in [0, 0.1) is 10.1 Å². The van der Waals surface area contributed by atoms with Gasteiger partial charge in [0.05, 0.1) is 4.92 Å². The van der Waals surface area contributed by atoms with Crippen LogP contribution in [0.2, 0.25) is 0 Å². The number of hydrogen-bond donors (Lipinski definition) is 3. The summed E-state index contributed by atoms with van der Waals surface area (Å²) in [5.74, 6) is 0.761. The van der Waals surface area contributed by atoms with E-state index in [0.717, 1.165) is 24.6 Å². The van der Waals surface area contributed by atoms with Crippen LogP contribution in [0.25, 0.3) is 0 Å². The molecule has 2 rings (SSSR count). The Morgan fingerprint density at radius 1 is 1.16 bits per heavy atom. The average molecular weight is 475 g/mol. The number of nitro benzene ring substituents is 1. The topological polar surface area (TPSA) is 91.6 Å². The van der Waals surface area contributed by atoms with E-state index in [2.05, 4.69) is 38.5 Å². The molecule has 7 nitrogen and oxygen atoms in total. The number of hydrogen-bond acceptors (Lipinski definition) is 5. The van der Waals surface area contributed by atoms with Crippen LogP contribution in [-0.4, -0.2) is 37.6 Å². The number of benzene rings is 1. The zero-order valence-electron chi connectivity index (χ0n) is 13.9. The Bertz CT molecular complexity index is 662. The van der Waals surface area contributed by atoms with Crippen molar-refractivity contribution >= 4 is 52.6 Å². The SMILES string of the molecule is CN=C(NCCNc1ccc([N+](=O)[O-])cc1)NCCc1cccs1.I. The van der Waals surface area contributed by atoms with Crippen molar-refractivity contribution in [3.05, 3.63) is 56.8 Å². The molecule has 0 bridgehead atoms. The van der Waals surface area contributed by atoms with Gasteiger partial charge in [-0.3, -0.25) is 15.1 Å². The number of thiophene rings is 1. The van der Waals surface area contributed by atoms with Crippen LogP contribution in [0.5, 0.6) is 0 Å². The third kappa shape index (κ3) is 7.69. The molecule has 1 aromatic carbocycles. The maximum Gasteiger partial charge on any atom is 0.269 e. The third-order valence-electron chi connectivity index (χ3n) is 3.29. The number of guanidine groups is 1. The Morgan fingerprint density at radius 3 is 2.48 bits per heavy atom. The number of nitrogens with one attached hydrogen (secondary N) is 3. The van der Waals surface area contributed by atoms with E-state index in [4.69, 9.17) is 0 Å². The quantitative estimate of drug-likeness (QED) is 0.136. The first-order valence-electron chi connectivity index (χ1n) is 7.64. The monoisotopic (exact) mass is 475 g/mol. The molecule has 0 saturated heterocycles. The van der Waals surface area contributed by atoms with E-state index in [0.29, 0.717) is 13.1 Å². The molecule has 0 amide bonds. The zero-order chi connectivity index (χ0) is 17.2. The summed E-state index contributed by atoms with van der Waals surface area (Å²) in [4.78, 5) is 15.7. The first-order valence-corrected chi connectivity index (χ1v) is 8.52. The predicted molar refractivity (Wildman–Crippen MR) is 114 cm³/mol. The fourth-order valence-electron chi connectivity index (χ4n) is 2.07. The second kappa shape index (κ2) is 11.6. The van der Waals surface area contributed by atoms with Gasteiger partial charge in [0.15, 0.2) is 5.96 Å². The zero-order valence-corrected chi connectivity index (χ0v) is 17.0. The van der Waals surface area contributed by atoms with Crippen LogP contribution >= 0.6 is 35.3 Å². The van der Waals surface area contributed by atoms with E-state index in [-0.39, 0.29) is 29.7 Å². The average Bonchev–Trinajstić information content (AvgIpc) is 3.10. The number of nitrogens with zero attached hydrogens (tertiary/aromatic N) is 2. The van der Waals surface area contributed by atoms with Gasteiger partial charge in [-0.05, 0) is 30.0 Å². The lowest BCUT2D eigenvalue weighted by atomic mass is 10.3. The van der Waals surface area contributed by atoms with E-state index in [9.17, 15) is 10.1 Å². The molecule has 0 radical (unpaired) electrons. The Labute approximate surface area is 168 Å². The number of nitro groups is 1. The van der Waals surface area contributed by atoms with E-state index >= 15 is 0 Å². The Morgan fingerprint density at radius 2 is 1.88 bits per heavy atom. The summed E-state index contributed by atoms with van der Waals surface area (Å²) in [5.41, 5.74) is 0.942. The fourth-order valence-corrected chi connectivity index (χ4v) is 2.78. The molecule has 0 unspecified atom stereocenters. The molecule has 0 aliphatic heterocycles. The summed E-state index contributed by atoms with van der Waals surface area (Å²) in [6.07, 6.45) is 0.972. The highest BCUT2D eigenvalue weighted by Gasteiger charge is 2.03. The third-order valence-corrected chi connectivity index (χ3v) is 4.23. The minimum atomic E-state index is -0.406. The molecule has 0 aliphatic carbocycles. The molecule has 0 atom stereocenters. The molecular weight excluding hydrogens is 453 g/mol. The first-order chi connectivity index (χ1) is 11.7. The van der Waals surface area contributed by atoms with Gasteiger partial charge in [0, 0.05) is 49.4 Å². The Hall–Kier alpha value is -1.88. The smallest absolute Gasteiger partial charge is 0.269 e. The maximum absolute atomic E-state index is 10.6. The first kappa shape index (κ1) is 21.2. The number of anilines is 1. The van der Waals surface area contributed by atoms with Crippen molar-refractivity contribution in [1.82, 2.24) is 10.6 Å². The van der Waals surface area contributed by atoms with Crippen molar-refractivity contribution in [3.63, 3.8) is 0 Å². The van der Waals surface area contributed by atoms with Crippen molar-refractivity contribution in [3.8, 4) is 0 Å². The van der Waals surface area contributed by atoms with E-state index < -0.39 is 4.92 Å². The van der Waals surface area contributed by atoms with Crippen LogP contribution in [0.1, 0.15) is 4.88 Å². The van der Waals surface area contributed by atoms with Crippen molar-refractivity contribution < 1.29 is 4.92 Å². The highest BCUT2D eigenvalue weighted by atomic mass is 127. The summed E-state index contributed by atoms with van der Waals surface area (Å²) >= 11 is 1.75. The van der Waals surface area contributed by atoms with Gasteiger partial charge in [0.2, 0.25) is 0 Å². The van der Waals surface area contributed by atoms with Gasteiger partial charge in [0.25, 0.3) is 5.69 Å². The van der Waals surface area contributed by atoms with E-state index in [1.165, 1.54) is 17.0 Å². The maximum atomic E-state index is 10.6. The normalized spacial score (nSPS) is 10.7. The molecule has 136 valence electrons. The molecule has 25 heavy (non-hydrogen) atoms. The Kier molecular flexibility index (Phi) is 9.85. The summed E-state index contributed by atoms with van der Waals surface area (Å²) in [5, 5.41) is 22.4. The lowest BCUT2D eigenvalue weighted by molar-refractivity contribution is -0.384. The lowest BCUT2D eigenvalue weighted by Crippen LogP contribution is -2.40. The van der Waals surface area contributed by atoms with Crippen molar-refractivity contribution in [2.45, 2.75) is 6.42 Å². The van der Waals surface area contributed by atoms with Crippen LogP contribution in [0.4, 0.5) is 11.4 Å². The second-order valence-corrected chi connectivity index (χ2v) is 6.02. The summed E-state index contributed by atoms with van der Waals surface area (Å²) < 4.78 is 0. The van der Waals surface area contributed by atoms with Crippen LogP contribution in [-0.2, 0) is 6.42 Å². The lowest BCUT2D eigenvalue weighted by Gasteiger charge is -2.12. The molecule has 0 aliphatic rings. The molecule has 3 N–H and O–H groups in total. The summed E-state index contributed by atoms with van der Waals surface area (Å²) in [7, 11) is 1.74. The molecule has 2 aromatic rings. The fraction of sp³-hybridized carbons (Fsp3) is 0.312. The van der Waals surface area contributed by atoms with Crippen molar-refractivity contribution in [1.29, 1.82) is 0 Å². The van der Waals surface area contributed by atoms with Gasteiger partial charge >= 0.3 is 0 Å². The van der Waals surface area contributed by atoms with Crippen LogP contribution in [0.3, 0.4) is 0 Å². The van der Waals surface area contributed by atoms with Gasteiger partial charge in [-0.2, -0.15) is 0 Å². The molecule has 0 saturated carbocycles. The highest BCUT2D eigenvalue weighted by molar-refractivity contribution is 14.0. The molecule has 0 fully saturated rings. The van der Waals surface area contributed by atoms with Gasteiger partial charge < -0.3 is 16.0 Å². The molecule has 0 spiro atoms. The van der Waals surface area contributed by atoms with Gasteiger partial charge in [-0.25, -0.2) is 0 Å². The van der Waals surface area contributed by atoms with Crippen LogP contribution < -0.4 is 16.0 Å². The minimum Gasteiger partial charge on any atom is -0.383 e. The molecule has 9 heteroatoms. The van der Waals surface area contributed by atoms with E-state index in [1.54, 1.807) is 30.5 Å². The number of aliphatic imine (C=N–C) groups is 1. The molecule has 1 aromatic heterocycles. The highest BCUT2D eigenvalue weighted by Crippen LogP contribution is 2.14. The predicted octanol–water partition coefficient (Wildman–Crippen LogP) is 3.09. The standard InChI is InChI=1S/C16H21N5O2S.HI/c1-17-16(19-9-8-15-3-2-12-24-15)20-11-10-18-13-4-6-14(7-5-13)21(22)23;/h2-7,12,18H,8-11H2,1H3,(H2,17,19,20);1H. The summed E-state index contributed by atoms with van der Waals surface area (Å²) in [6.45, 7) is 2.20. The van der Waals surface area contributed by atoms with Crippen molar-refractivity contribution in [2.24, 2.45) is 4.99 Å². The van der Waals surface area contributed by atoms with Gasteiger partial charge in [0.1, 0.15) is 0 Å². The van der Waals surface area contributed by atoms with Gasteiger partial charge in [-0.15, -0.1) is 35.3 Å². The Balaban J connectivity index is 0.00000312. The molecular formula is C16H22IN5O2S. The van der Waals surface area contributed by atoms with Crippen molar-refractivity contribution in [2.75, 3.05) is 32.0 Å². The van der Waals surface area contributed by atoms with Crippen LogP contribution in [0.15, 0.2) is 46.8 Å². The summed E-state index contributed by atoms with van der Waals surface area (Å²) in [6, 6.07) is 10.5. The van der Waals surface area contributed by atoms with E-state index in [1.807, 2.05) is 0 Å².